The summed E-state index contributed by atoms with van der Waals surface area (Å²) in [5.74, 6) is 0.152. The lowest BCUT2D eigenvalue weighted by Gasteiger charge is -2.14. The summed E-state index contributed by atoms with van der Waals surface area (Å²) in [5, 5.41) is 0. The van der Waals surface area contributed by atoms with E-state index < -0.39 is 13.1 Å². The summed E-state index contributed by atoms with van der Waals surface area (Å²) in [6.07, 6.45) is 1.49. The van der Waals surface area contributed by atoms with Crippen LogP contribution in [0, 0.1) is 6.92 Å². The lowest BCUT2D eigenvalue weighted by Crippen LogP contribution is -2.06. The zero-order valence-corrected chi connectivity index (χ0v) is 12.4. The van der Waals surface area contributed by atoms with Crippen molar-refractivity contribution in [3.05, 3.63) is 71.8 Å². The largest absolute Gasteiger partial charge is 0.448 e. The van der Waals surface area contributed by atoms with Gasteiger partial charge in [0.15, 0.2) is 0 Å². The van der Waals surface area contributed by atoms with E-state index in [4.69, 9.17) is 4.52 Å². The zero-order valence-electron chi connectivity index (χ0n) is 11.5. The highest BCUT2D eigenvalue weighted by molar-refractivity contribution is 7.72. The van der Waals surface area contributed by atoms with Crippen LogP contribution >= 0.6 is 7.60 Å². The Kier molecular flexibility index (Phi) is 4.41. The van der Waals surface area contributed by atoms with Gasteiger partial charge in [-0.15, -0.1) is 0 Å². The first-order valence-electron chi connectivity index (χ1n) is 6.29. The van der Waals surface area contributed by atoms with Gasteiger partial charge in [0.1, 0.15) is 5.75 Å². The summed E-state index contributed by atoms with van der Waals surface area (Å²) in [5.41, 5.74) is 0.713. The molecular formula is C16H15O4P. The van der Waals surface area contributed by atoms with Gasteiger partial charge in [0, 0.05) is 11.1 Å². The van der Waals surface area contributed by atoms with Crippen LogP contribution in [0.15, 0.2) is 55.1 Å². The van der Waals surface area contributed by atoms with Crippen molar-refractivity contribution in [2.45, 2.75) is 6.92 Å². The fourth-order valence-electron chi connectivity index (χ4n) is 1.77. The Labute approximate surface area is 123 Å². The Hall–Kier alpha value is -2.16. The lowest BCUT2D eigenvalue weighted by molar-refractivity contribution is 0.104. The number of benzene rings is 2. The van der Waals surface area contributed by atoms with Gasteiger partial charge in [0.05, 0.1) is 0 Å². The first-order valence-corrected chi connectivity index (χ1v) is 7.87. The van der Waals surface area contributed by atoms with Crippen LogP contribution in [0.4, 0.5) is 0 Å². The molecule has 2 aromatic rings. The van der Waals surface area contributed by atoms with Gasteiger partial charge in [0.25, 0.3) is 5.52 Å². The lowest BCUT2D eigenvalue weighted by atomic mass is 10.2. The van der Waals surface area contributed by atoms with Gasteiger partial charge in [0.2, 0.25) is 0 Å². The fourth-order valence-corrected chi connectivity index (χ4v) is 2.76. The Bertz CT molecular complexity index is 719. The predicted molar refractivity (Wildman–Crippen MR) is 82.5 cm³/mol. The van der Waals surface area contributed by atoms with Gasteiger partial charge in [-0.2, -0.15) is 0 Å². The summed E-state index contributed by atoms with van der Waals surface area (Å²) in [7, 11) is -4.47. The third-order valence-corrected chi connectivity index (χ3v) is 4.13. The zero-order chi connectivity index (χ0) is 15.5. The van der Waals surface area contributed by atoms with Gasteiger partial charge in [-0.1, -0.05) is 60.7 Å². The molecule has 0 amide bonds. The molecule has 1 unspecified atom stereocenters. The minimum Gasteiger partial charge on any atom is -0.419 e. The highest BCUT2D eigenvalue weighted by Gasteiger charge is 2.33. The van der Waals surface area contributed by atoms with Crippen LogP contribution < -0.4 is 4.52 Å². The molecule has 2 rings (SSSR count). The summed E-state index contributed by atoms with van der Waals surface area (Å²) in [6, 6.07) is 13.0. The Balaban J connectivity index is 2.29. The van der Waals surface area contributed by atoms with Crippen LogP contribution in [0.5, 0.6) is 5.75 Å². The number of para-hydroxylation sites is 1. The third kappa shape index (κ3) is 3.48. The minimum atomic E-state index is -4.47. The highest BCUT2D eigenvalue weighted by Crippen LogP contribution is 2.46. The molecule has 0 saturated carbocycles. The molecule has 0 aromatic heterocycles. The normalized spacial score (nSPS) is 13.2. The predicted octanol–water partition coefficient (Wildman–Crippen LogP) is 4.04. The van der Waals surface area contributed by atoms with E-state index >= 15 is 0 Å². The maximum atomic E-state index is 12.2. The molecular weight excluding hydrogens is 287 g/mol. The van der Waals surface area contributed by atoms with Crippen LogP contribution in [-0.4, -0.2) is 10.4 Å². The summed E-state index contributed by atoms with van der Waals surface area (Å²) >= 11 is 0. The highest BCUT2D eigenvalue weighted by atomic mass is 31.2. The van der Waals surface area contributed by atoms with E-state index in [1.165, 1.54) is 24.3 Å². The van der Waals surface area contributed by atoms with Gasteiger partial charge < -0.3 is 9.42 Å². The monoisotopic (exact) mass is 302 g/mol. The molecule has 4 nitrogen and oxygen atoms in total. The van der Waals surface area contributed by atoms with Gasteiger partial charge >= 0.3 is 7.60 Å². The second kappa shape index (κ2) is 6.08. The van der Waals surface area contributed by atoms with Gasteiger partial charge in [-0.05, 0) is 13.0 Å². The maximum Gasteiger partial charge on any atom is 0.448 e. The van der Waals surface area contributed by atoms with Crippen molar-refractivity contribution in [1.29, 1.82) is 0 Å². The third-order valence-electron chi connectivity index (χ3n) is 2.92. The van der Waals surface area contributed by atoms with E-state index in [1.807, 2.05) is 6.92 Å². The van der Waals surface area contributed by atoms with Crippen molar-refractivity contribution in [2.75, 3.05) is 0 Å². The van der Waals surface area contributed by atoms with Crippen LogP contribution in [0.25, 0.3) is 6.08 Å². The van der Waals surface area contributed by atoms with Crippen LogP contribution in [0.1, 0.15) is 21.5 Å². The minimum absolute atomic E-state index is 0.141. The average Bonchev–Trinajstić information content (AvgIpc) is 2.47. The van der Waals surface area contributed by atoms with Crippen molar-refractivity contribution in [1.82, 2.24) is 0 Å². The fraction of sp³-hybridized carbons (Fsp3) is 0.0625. The quantitative estimate of drug-likeness (QED) is 0.846. The molecule has 0 spiro atoms. The number of carbonyl (C=O) groups excluding carboxylic acids is 1. The molecule has 0 aliphatic carbocycles. The topological polar surface area (TPSA) is 63.6 Å². The number of aryl methyl sites for hydroxylation is 1. The number of hydrogen-bond donors (Lipinski definition) is 1. The van der Waals surface area contributed by atoms with Crippen molar-refractivity contribution >= 4 is 19.2 Å². The molecule has 1 N–H and O–H groups in total. The second-order valence-corrected chi connectivity index (χ2v) is 6.15. The molecule has 5 heteroatoms. The van der Waals surface area contributed by atoms with E-state index in [-0.39, 0.29) is 11.3 Å². The molecule has 0 aliphatic heterocycles. The summed E-state index contributed by atoms with van der Waals surface area (Å²) in [4.78, 5) is 22.0. The van der Waals surface area contributed by atoms with E-state index in [0.717, 1.165) is 5.56 Å². The Morgan fingerprint density at radius 1 is 1.19 bits per heavy atom. The van der Waals surface area contributed by atoms with Crippen molar-refractivity contribution in [2.24, 2.45) is 0 Å². The molecule has 2 aromatic carbocycles. The molecule has 0 aliphatic rings. The number of carbonyl (C=O) groups is 1. The smallest absolute Gasteiger partial charge is 0.419 e. The SMILES string of the molecule is C=Cc1ccccc1OP(=O)(O)C(=O)c1ccc(C)cc1. The first-order chi connectivity index (χ1) is 9.94. The van der Waals surface area contributed by atoms with Crippen LogP contribution in [0.3, 0.4) is 0 Å². The first kappa shape index (κ1) is 15.2. The van der Waals surface area contributed by atoms with Crippen molar-refractivity contribution < 1.29 is 18.8 Å². The molecule has 0 heterocycles. The van der Waals surface area contributed by atoms with E-state index in [1.54, 1.807) is 30.3 Å². The molecule has 0 radical (unpaired) electrons. The van der Waals surface area contributed by atoms with Crippen LogP contribution in [0.2, 0.25) is 0 Å². The molecule has 21 heavy (non-hydrogen) atoms. The van der Waals surface area contributed by atoms with E-state index in [2.05, 4.69) is 6.58 Å². The molecule has 0 fully saturated rings. The maximum absolute atomic E-state index is 12.2. The van der Waals surface area contributed by atoms with Gasteiger partial charge in [-0.3, -0.25) is 4.79 Å². The van der Waals surface area contributed by atoms with E-state index in [0.29, 0.717) is 5.56 Å². The van der Waals surface area contributed by atoms with Crippen LogP contribution in [-0.2, 0) is 4.57 Å². The molecule has 108 valence electrons. The molecule has 0 saturated heterocycles. The average molecular weight is 302 g/mol. The Morgan fingerprint density at radius 3 is 2.43 bits per heavy atom. The van der Waals surface area contributed by atoms with Crippen molar-refractivity contribution in [3.63, 3.8) is 0 Å². The summed E-state index contributed by atoms with van der Waals surface area (Å²) in [6.45, 7) is 5.46. The second-order valence-electron chi connectivity index (χ2n) is 4.52. The molecule has 0 bridgehead atoms. The number of hydrogen-bond acceptors (Lipinski definition) is 3. The standard InChI is InChI=1S/C16H15O4P/c1-3-13-6-4-5-7-15(13)20-21(18,19)16(17)14-10-8-12(2)9-11-14/h3-11H,1H2,2H3,(H,18,19). The molecule has 1 atom stereocenters. The van der Waals surface area contributed by atoms with Gasteiger partial charge in [-0.25, -0.2) is 4.57 Å². The number of rotatable bonds is 5. The van der Waals surface area contributed by atoms with E-state index in [9.17, 15) is 14.3 Å². The Morgan fingerprint density at radius 2 is 1.81 bits per heavy atom. The van der Waals surface area contributed by atoms with Crippen molar-refractivity contribution in [3.8, 4) is 5.75 Å². The summed E-state index contributed by atoms with van der Waals surface area (Å²) < 4.78 is 17.2.